The van der Waals surface area contributed by atoms with Crippen LogP contribution >= 0.6 is 15.9 Å². The molecule has 0 radical (unpaired) electrons. The van der Waals surface area contributed by atoms with Crippen LogP contribution in [0.3, 0.4) is 0 Å². The van der Waals surface area contributed by atoms with Gasteiger partial charge in [-0.2, -0.15) is 27.8 Å². The Hall–Kier alpha value is -11.3. The summed E-state index contributed by atoms with van der Waals surface area (Å²) in [4.78, 5) is 47.1. The number of carbonyl (C=O) groups excluding carboxylic acids is 2. The summed E-state index contributed by atoms with van der Waals surface area (Å²) in [7, 11) is 0. The number of nitrogens with zero attached hydrogens (tertiary/aromatic N) is 8. The second-order valence-electron chi connectivity index (χ2n) is 25.2. The topological polar surface area (TPSA) is 195 Å². The van der Waals surface area contributed by atoms with Crippen molar-refractivity contribution in [3.63, 3.8) is 0 Å². The van der Waals surface area contributed by atoms with E-state index in [1.54, 1.807) is 30.6 Å². The predicted octanol–water partition coefficient (Wildman–Crippen LogP) is 17.0. The van der Waals surface area contributed by atoms with Crippen LogP contribution in [0.25, 0.3) is 55.5 Å². The molecule has 0 atom stereocenters. The predicted molar refractivity (Wildman–Crippen MR) is 376 cm³/mol. The first-order valence-corrected chi connectivity index (χ1v) is 32.2. The number of aryl methyl sites for hydroxylation is 1. The second-order valence-corrected chi connectivity index (χ2v) is 26.0. The third-order valence-corrected chi connectivity index (χ3v) is 16.6. The quantitative estimate of drug-likeness (QED) is 0.0566. The lowest BCUT2D eigenvalue weighted by atomic mass is 9.76. The highest BCUT2D eigenvalue weighted by atomic mass is 79.9. The lowest BCUT2D eigenvalue weighted by Crippen LogP contribution is -2.40. The molecule has 0 fully saturated rings. The molecule has 0 saturated heterocycles. The largest absolute Gasteiger partial charge is 0.435 e. The van der Waals surface area contributed by atoms with Crippen LogP contribution in [0.5, 0.6) is 11.5 Å². The number of H-pyrrole nitrogens is 2. The standard InChI is InChI=1S/C38H32F2N6O2.C30H27BrN4O.C9H8F2N2O/c1-37(2,3)43-35(47)29-23-46(38(24-13-7-4-8-14-24,25-15-9-5-10-16-25)26-17-11-6-12-18-26)34-33(29)42-31(22-41-34)32-28-21-27(48-36(39)40)19-20-30(28)44-45-32;1-29(2,3)34-28(36)24-20-35(27-26(24)33-25(31)19-32-27)30(21-13-7-4-8-14-21,22-15-9-5-10-16-22)23-17-11-6-12-18-23;1-5-7-4-6(14-9(10)11)2-3-8(7)13-12-5/h4-23,36H,1-3H3,(H,43,47)(H,44,45);4-20H,1-3H3,(H,34,36);2-4,9H,1H3,(H,12,13). The Morgan fingerprint density at radius 3 is 1.26 bits per heavy atom. The summed E-state index contributed by atoms with van der Waals surface area (Å²) in [5, 5.41) is 21.6. The summed E-state index contributed by atoms with van der Waals surface area (Å²) in [6.07, 6.45) is 6.98. The van der Waals surface area contributed by atoms with Crippen molar-refractivity contribution in [2.45, 2.75) is 83.8 Å². The number of hydrogen-bond donors (Lipinski definition) is 4. The molecule has 0 aliphatic rings. The zero-order valence-corrected chi connectivity index (χ0v) is 55.9. The van der Waals surface area contributed by atoms with Gasteiger partial charge in [0.15, 0.2) is 11.3 Å². The molecule has 98 heavy (non-hydrogen) atoms. The number of benzene rings is 8. The molecule has 0 aliphatic carbocycles. The smallest absolute Gasteiger partial charge is 0.387 e. The number of halogens is 5. The Morgan fingerprint density at radius 1 is 0.480 bits per heavy atom. The van der Waals surface area contributed by atoms with Crippen LogP contribution in [0.4, 0.5) is 17.6 Å². The molecule has 0 unspecified atom stereocenters. The van der Waals surface area contributed by atoms with Gasteiger partial charge in [0.25, 0.3) is 11.8 Å². The number of carbonyl (C=O) groups is 2. The van der Waals surface area contributed by atoms with Gasteiger partial charge in [-0.3, -0.25) is 19.8 Å². The van der Waals surface area contributed by atoms with E-state index >= 15 is 0 Å². The van der Waals surface area contributed by atoms with Gasteiger partial charge in [-0.15, -0.1) is 0 Å². The van der Waals surface area contributed by atoms with Crippen LogP contribution in [0.15, 0.2) is 248 Å². The zero-order valence-electron chi connectivity index (χ0n) is 54.3. The number of aromatic nitrogens is 10. The SMILES string of the molecule is CC(C)(C)NC(=O)c1cn(C(c2ccccc2)(c2ccccc2)c2ccccc2)c2ncc(-c3n[nH]c4ccc(OC(F)F)cc34)nc12.CC(C)(C)NC(=O)c1cn(C(c2ccccc2)(c2ccccc2)c2ccccc2)c2ncc(Br)nc12.Cc1[nH]nc2ccc(OC(F)F)cc12. The average Bonchev–Trinajstić information content (AvgIpc) is 1.45. The number of fused-ring (bicyclic) bond motifs is 4. The van der Waals surface area contributed by atoms with Gasteiger partial charge in [0.2, 0.25) is 0 Å². The third-order valence-electron chi connectivity index (χ3n) is 16.2. The number of alkyl halides is 4. The van der Waals surface area contributed by atoms with Crippen molar-refractivity contribution in [1.29, 1.82) is 0 Å². The minimum atomic E-state index is -2.98. The van der Waals surface area contributed by atoms with E-state index in [1.165, 1.54) is 18.2 Å². The van der Waals surface area contributed by atoms with Gasteiger partial charge >= 0.3 is 13.2 Å². The van der Waals surface area contributed by atoms with E-state index < -0.39 is 35.4 Å². The van der Waals surface area contributed by atoms with Gasteiger partial charge in [-0.05, 0) is 134 Å². The fraction of sp³-hybridized carbons (Fsp3) is 0.169. The minimum absolute atomic E-state index is 0.0102. The van der Waals surface area contributed by atoms with Crippen molar-refractivity contribution in [2.75, 3.05) is 0 Å². The number of amides is 2. The number of aromatic amines is 2. The molecule has 6 aromatic heterocycles. The summed E-state index contributed by atoms with van der Waals surface area (Å²) >= 11 is 3.46. The van der Waals surface area contributed by atoms with Crippen molar-refractivity contribution >= 4 is 71.9 Å². The molecule has 16 nitrogen and oxygen atoms in total. The van der Waals surface area contributed by atoms with Gasteiger partial charge in [-0.1, -0.05) is 182 Å². The van der Waals surface area contributed by atoms with Gasteiger partial charge in [0, 0.05) is 39.9 Å². The summed E-state index contributed by atoms with van der Waals surface area (Å²) in [5.41, 5.74) is 9.01. The van der Waals surface area contributed by atoms with Crippen molar-refractivity contribution in [2.24, 2.45) is 0 Å². The van der Waals surface area contributed by atoms with E-state index in [2.05, 4.69) is 134 Å². The molecule has 21 heteroatoms. The highest BCUT2D eigenvalue weighted by molar-refractivity contribution is 9.10. The van der Waals surface area contributed by atoms with Crippen LogP contribution < -0.4 is 20.1 Å². The van der Waals surface area contributed by atoms with Crippen molar-refractivity contribution in [3.8, 4) is 22.9 Å². The highest BCUT2D eigenvalue weighted by Crippen LogP contribution is 2.46. The summed E-state index contributed by atoms with van der Waals surface area (Å²) in [5.74, 6) is -0.372. The van der Waals surface area contributed by atoms with Crippen LogP contribution in [0.1, 0.15) is 101 Å². The van der Waals surface area contributed by atoms with E-state index in [0.717, 1.165) is 50.0 Å². The lowest BCUT2D eigenvalue weighted by molar-refractivity contribution is -0.0504. The van der Waals surface area contributed by atoms with Crippen molar-refractivity contribution in [1.82, 2.24) is 60.1 Å². The molecule has 8 aromatic carbocycles. The number of nitrogens with one attached hydrogen (secondary N) is 4. The first-order chi connectivity index (χ1) is 47.1. The number of ether oxygens (including phenoxy) is 2. The molecule has 0 aliphatic heterocycles. The molecule has 494 valence electrons. The number of hydrogen-bond acceptors (Lipinski definition) is 10. The summed E-state index contributed by atoms with van der Waals surface area (Å²) in [6, 6.07) is 70.4. The molecule has 4 N–H and O–H groups in total. The highest BCUT2D eigenvalue weighted by Gasteiger charge is 2.43. The van der Waals surface area contributed by atoms with E-state index in [-0.39, 0.29) is 23.3 Å². The van der Waals surface area contributed by atoms with Gasteiger partial charge in [0.05, 0.1) is 34.6 Å². The third kappa shape index (κ3) is 13.6. The molecule has 0 spiro atoms. The van der Waals surface area contributed by atoms with Crippen LogP contribution in [-0.2, 0) is 11.1 Å². The lowest BCUT2D eigenvalue weighted by Gasteiger charge is -2.38. The fourth-order valence-corrected chi connectivity index (χ4v) is 12.6. The zero-order chi connectivity index (χ0) is 68.9. The number of rotatable bonds is 15. The molecular weight excluding hydrogens is 1310 g/mol. The first kappa shape index (κ1) is 66.7. The second kappa shape index (κ2) is 27.8. The van der Waals surface area contributed by atoms with Gasteiger partial charge in [0.1, 0.15) is 49.6 Å². The minimum Gasteiger partial charge on any atom is -0.435 e. The van der Waals surface area contributed by atoms with E-state index in [0.29, 0.717) is 60.3 Å². The summed E-state index contributed by atoms with van der Waals surface area (Å²) < 4.78 is 63.5. The molecule has 14 aromatic rings. The maximum Gasteiger partial charge on any atom is 0.387 e. The molecule has 2 amide bonds. The molecule has 14 rings (SSSR count). The van der Waals surface area contributed by atoms with E-state index in [4.69, 9.17) is 19.9 Å². The normalized spacial score (nSPS) is 11.9. The molecule has 6 heterocycles. The Morgan fingerprint density at radius 2 is 0.857 bits per heavy atom. The Bertz CT molecular complexity index is 4910. The van der Waals surface area contributed by atoms with Gasteiger partial charge in [-0.25, -0.2) is 19.9 Å². The Kier molecular flexibility index (Phi) is 18.9. The maximum atomic E-state index is 14.1. The first-order valence-electron chi connectivity index (χ1n) is 31.4. The van der Waals surface area contributed by atoms with Crippen LogP contribution in [0, 0.1) is 6.92 Å². The Labute approximate surface area is 570 Å². The van der Waals surface area contributed by atoms with Crippen LogP contribution in [0.2, 0.25) is 0 Å². The monoisotopic (exact) mass is 1380 g/mol. The van der Waals surface area contributed by atoms with E-state index in [9.17, 15) is 27.2 Å². The van der Waals surface area contributed by atoms with Gasteiger partial charge < -0.3 is 29.2 Å². The summed E-state index contributed by atoms with van der Waals surface area (Å²) in [6.45, 7) is 7.70. The van der Waals surface area contributed by atoms with E-state index in [1.807, 2.05) is 175 Å². The average molecular weight is 1380 g/mol. The van der Waals surface area contributed by atoms with Crippen LogP contribution in [-0.4, -0.2) is 85.6 Å². The van der Waals surface area contributed by atoms with Crippen molar-refractivity contribution < 1.29 is 36.6 Å². The molecular formula is C77H67BrF4N12O4. The Balaban J connectivity index is 0.000000160. The van der Waals surface area contributed by atoms with Crippen molar-refractivity contribution in [3.05, 3.63) is 298 Å². The molecule has 0 bridgehead atoms. The molecule has 0 saturated carbocycles. The maximum absolute atomic E-state index is 14.1. The fourth-order valence-electron chi connectivity index (χ4n) is 12.3.